The van der Waals surface area contributed by atoms with Crippen LogP contribution in [0.5, 0.6) is 5.75 Å². The Bertz CT molecular complexity index is 1310. The molecule has 0 aliphatic carbocycles. The van der Waals surface area contributed by atoms with Crippen LogP contribution < -0.4 is 10.2 Å². The van der Waals surface area contributed by atoms with Crippen LogP contribution >= 0.6 is 43.6 Å². The molecule has 0 atom stereocenters. The zero-order chi connectivity index (χ0) is 23.9. The Hall–Kier alpha value is -2.95. The molecule has 7 nitrogen and oxygen atoms in total. The summed E-state index contributed by atoms with van der Waals surface area (Å²) in [5, 5.41) is 13.4. The van der Waals surface area contributed by atoms with E-state index in [-0.39, 0.29) is 11.7 Å². The molecule has 172 valence electrons. The summed E-state index contributed by atoms with van der Waals surface area (Å²) in [7, 11) is 1.60. The predicted molar refractivity (Wildman–Crippen MR) is 142 cm³/mol. The van der Waals surface area contributed by atoms with Gasteiger partial charge in [0.1, 0.15) is 5.75 Å². The number of ether oxygens (including phenoxy) is 1. The molecule has 0 fully saturated rings. The quantitative estimate of drug-likeness (QED) is 0.159. The Labute approximate surface area is 217 Å². The number of rotatable bonds is 8. The van der Waals surface area contributed by atoms with Gasteiger partial charge in [-0.3, -0.25) is 9.36 Å². The normalized spacial score (nSPS) is 11.0. The van der Waals surface area contributed by atoms with Gasteiger partial charge in [-0.2, -0.15) is 5.10 Å². The molecule has 1 aromatic heterocycles. The summed E-state index contributed by atoms with van der Waals surface area (Å²) in [4.78, 5) is 12.4. The SMILES string of the molecule is COc1ccc(C=NNC(=O)CSc2nnc(-c3ccccc3)n2-c2ccc(Br)cc2)cc1Br. The van der Waals surface area contributed by atoms with E-state index in [4.69, 9.17) is 4.74 Å². The van der Waals surface area contributed by atoms with Crippen LogP contribution in [0.25, 0.3) is 17.1 Å². The van der Waals surface area contributed by atoms with E-state index in [0.29, 0.717) is 11.0 Å². The highest BCUT2D eigenvalue weighted by atomic mass is 79.9. The van der Waals surface area contributed by atoms with Crippen molar-refractivity contribution in [3.63, 3.8) is 0 Å². The van der Waals surface area contributed by atoms with Crippen LogP contribution in [-0.4, -0.2) is 39.7 Å². The van der Waals surface area contributed by atoms with Crippen LogP contribution in [0.3, 0.4) is 0 Å². The van der Waals surface area contributed by atoms with E-state index in [1.54, 1.807) is 13.3 Å². The predicted octanol–water partition coefficient (Wildman–Crippen LogP) is 5.71. The molecule has 0 saturated heterocycles. The first-order chi connectivity index (χ1) is 16.5. The Balaban J connectivity index is 1.47. The summed E-state index contributed by atoms with van der Waals surface area (Å²) in [5.41, 5.74) is 5.21. The zero-order valence-electron chi connectivity index (χ0n) is 18.0. The largest absolute Gasteiger partial charge is 0.496 e. The highest BCUT2D eigenvalue weighted by molar-refractivity contribution is 9.10. The maximum atomic E-state index is 12.4. The molecule has 34 heavy (non-hydrogen) atoms. The minimum atomic E-state index is -0.250. The highest BCUT2D eigenvalue weighted by Crippen LogP contribution is 2.28. The maximum Gasteiger partial charge on any atom is 0.250 e. The first kappa shape index (κ1) is 24.2. The molecule has 0 radical (unpaired) electrons. The number of methoxy groups -OCH3 is 1. The number of benzene rings is 3. The number of carbonyl (C=O) groups is 1. The smallest absolute Gasteiger partial charge is 0.250 e. The van der Waals surface area contributed by atoms with Crippen molar-refractivity contribution >= 4 is 55.7 Å². The third-order valence-electron chi connectivity index (χ3n) is 4.66. The molecule has 0 aliphatic heterocycles. The first-order valence-electron chi connectivity index (χ1n) is 10.1. The second-order valence-electron chi connectivity index (χ2n) is 6.96. The third-order valence-corrected chi connectivity index (χ3v) is 6.74. The van der Waals surface area contributed by atoms with Gasteiger partial charge < -0.3 is 4.74 Å². The Morgan fingerprint density at radius 3 is 2.56 bits per heavy atom. The summed E-state index contributed by atoms with van der Waals surface area (Å²) in [5.74, 6) is 1.31. The molecule has 0 bridgehead atoms. The summed E-state index contributed by atoms with van der Waals surface area (Å²) in [6.07, 6.45) is 1.57. The van der Waals surface area contributed by atoms with Crippen molar-refractivity contribution in [3.8, 4) is 22.8 Å². The van der Waals surface area contributed by atoms with E-state index in [0.717, 1.165) is 31.5 Å². The number of halogens is 2. The lowest BCUT2D eigenvalue weighted by Gasteiger charge is -2.10. The molecule has 0 spiro atoms. The summed E-state index contributed by atoms with van der Waals surface area (Å²) >= 11 is 8.19. The average Bonchev–Trinajstić information content (AvgIpc) is 3.28. The van der Waals surface area contributed by atoms with Gasteiger partial charge in [-0.15, -0.1) is 10.2 Å². The van der Waals surface area contributed by atoms with Gasteiger partial charge >= 0.3 is 0 Å². The number of hydrogen-bond donors (Lipinski definition) is 1. The lowest BCUT2D eigenvalue weighted by molar-refractivity contribution is -0.118. The number of amides is 1. The summed E-state index contributed by atoms with van der Waals surface area (Å²) < 4.78 is 8.94. The summed E-state index contributed by atoms with van der Waals surface area (Å²) in [6, 6.07) is 23.2. The second kappa shape index (κ2) is 11.5. The zero-order valence-corrected chi connectivity index (χ0v) is 22.0. The van der Waals surface area contributed by atoms with Crippen molar-refractivity contribution in [3.05, 3.63) is 87.3 Å². The van der Waals surface area contributed by atoms with Gasteiger partial charge in [-0.05, 0) is 64.0 Å². The van der Waals surface area contributed by atoms with Crippen molar-refractivity contribution in [1.82, 2.24) is 20.2 Å². The van der Waals surface area contributed by atoms with Gasteiger partial charge in [0.05, 0.1) is 23.5 Å². The third kappa shape index (κ3) is 5.94. The van der Waals surface area contributed by atoms with Crippen molar-refractivity contribution in [2.24, 2.45) is 5.10 Å². The first-order valence-corrected chi connectivity index (χ1v) is 12.7. The lowest BCUT2D eigenvalue weighted by atomic mass is 10.2. The number of thioether (sulfide) groups is 1. The monoisotopic (exact) mass is 599 g/mol. The van der Waals surface area contributed by atoms with Gasteiger partial charge in [0, 0.05) is 15.7 Å². The molecule has 0 unspecified atom stereocenters. The minimum absolute atomic E-state index is 0.132. The Morgan fingerprint density at radius 1 is 1.09 bits per heavy atom. The van der Waals surface area contributed by atoms with E-state index in [1.165, 1.54) is 11.8 Å². The molecule has 3 aromatic carbocycles. The molecule has 1 N–H and O–H groups in total. The van der Waals surface area contributed by atoms with Crippen molar-refractivity contribution < 1.29 is 9.53 Å². The van der Waals surface area contributed by atoms with Crippen LogP contribution in [0.1, 0.15) is 5.56 Å². The maximum absolute atomic E-state index is 12.4. The second-order valence-corrected chi connectivity index (χ2v) is 9.67. The van der Waals surface area contributed by atoms with E-state index in [2.05, 4.69) is 52.6 Å². The molecular formula is C24H19Br2N5O2S. The molecule has 4 rings (SSSR count). The number of nitrogens with one attached hydrogen (secondary N) is 1. The van der Waals surface area contributed by atoms with Crippen LogP contribution in [-0.2, 0) is 4.79 Å². The van der Waals surface area contributed by atoms with Crippen LogP contribution in [0.2, 0.25) is 0 Å². The highest BCUT2D eigenvalue weighted by Gasteiger charge is 2.17. The van der Waals surface area contributed by atoms with E-state index >= 15 is 0 Å². The van der Waals surface area contributed by atoms with Crippen molar-refractivity contribution in [1.29, 1.82) is 0 Å². The fourth-order valence-electron chi connectivity index (χ4n) is 3.06. The van der Waals surface area contributed by atoms with Gasteiger partial charge in [-0.1, -0.05) is 58.0 Å². The van der Waals surface area contributed by atoms with Gasteiger partial charge in [0.25, 0.3) is 5.91 Å². The molecule has 0 aliphatic rings. The number of hydrogen-bond acceptors (Lipinski definition) is 6. The molecule has 1 heterocycles. The average molecular weight is 601 g/mol. The summed E-state index contributed by atoms with van der Waals surface area (Å²) in [6.45, 7) is 0. The van der Waals surface area contributed by atoms with Crippen LogP contribution in [0, 0.1) is 0 Å². The number of hydrazone groups is 1. The van der Waals surface area contributed by atoms with Gasteiger partial charge in [-0.25, -0.2) is 5.43 Å². The Morgan fingerprint density at radius 2 is 1.85 bits per heavy atom. The van der Waals surface area contributed by atoms with Crippen molar-refractivity contribution in [2.45, 2.75) is 5.16 Å². The fourth-order valence-corrected chi connectivity index (χ4v) is 4.63. The number of nitrogens with zero attached hydrogens (tertiary/aromatic N) is 4. The fraction of sp³-hybridized carbons (Fsp3) is 0.0833. The number of aromatic nitrogens is 3. The molecular weight excluding hydrogens is 582 g/mol. The van der Waals surface area contributed by atoms with E-state index in [1.807, 2.05) is 77.4 Å². The topological polar surface area (TPSA) is 81.4 Å². The molecule has 1 amide bonds. The van der Waals surface area contributed by atoms with Crippen LogP contribution in [0.15, 0.2) is 92.0 Å². The van der Waals surface area contributed by atoms with Gasteiger partial charge in [0.15, 0.2) is 11.0 Å². The standard InChI is InChI=1S/C24H19Br2N5O2S/c1-33-21-12-7-16(13-20(21)26)14-27-28-22(32)15-34-24-30-29-23(17-5-3-2-4-6-17)31(24)19-10-8-18(25)9-11-19/h2-14H,15H2,1H3,(H,28,32). The molecule has 10 heteroatoms. The van der Waals surface area contributed by atoms with E-state index < -0.39 is 0 Å². The van der Waals surface area contributed by atoms with E-state index in [9.17, 15) is 4.79 Å². The molecule has 4 aromatic rings. The lowest BCUT2D eigenvalue weighted by Crippen LogP contribution is -2.20. The molecule has 0 saturated carbocycles. The van der Waals surface area contributed by atoms with Crippen LogP contribution in [0.4, 0.5) is 0 Å². The number of carbonyl (C=O) groups excluding carboxylic acids is 1. The Kier molecular flexibility index (Phi) is 8.15. The van der Waals surface area contributed by atoms with Crippen molar-refractivity contribution in [2.75, 3.05) is 12.9 Å². The minimum Gasteiger partial charge on any atom is -0.496 e. The van der Waals surface area contributed by atoms with Gasteiger partial charge in [0.2, 0.25) is 0 Å².